The van der Waals surface area contributed by atoms with Gasteiger partial charge in [0.25, 0.3) is 0 Å². The number of furan rings is 1. The number of piperidine rings is 1. The molecule has 2 aromatic rings. The second-order valence-corrected chi connectivity index (χ2v) is 6.29. The smallest absolute Gasteiger partial charge is 0.134 e. The summed E-state index contributed by atoms with van der Waals surface area (Å²) >= 11 is 0. The molecular formula is C18H26N2O. The van der Waals surface area contributed by atoms with Gasteiger partial charge < -0.3 is 14.6 Å². The fourth-order valence-corrected chi connectivity index (χ4v) is 3.35. The first-order valence-corrected chi connectivity index (χ1v) is 8.12. The summed E-state index contributed by atoms with van der Waals surface area (Å²) in [6.45, 7) is 6.59. The Balaban J connectivity index is 1.73. The molecule has 1 N–H and O–H groups in total. The molecule has 3 heteroatoms. The molecule has 1 aliphatic heterocycles. The van der Waals surface area contributed by atoms with Gasteiger partial charge in [0.15, 0.2) is 0 Å². The average molecular weight is 286 g/mol. The highest BCUT2D eigenvalue weighted by molar-refractivity contribution is 5.82. The number of hydrogen-bond acceptors (Lipinski definition) is 3. The summed E-state index contributed by atoms with van der Waals surface area (Å²) in [5.74, 6) is 1.13. The van der Waals surface area contributed by atoms with E-state index in [9.17, 15) is 0 Å². The third kappa shape index (κ3) is 2.99. The molecule has 3 nitrogen and oxygen atoms in total. The highest BCUT2D eigenvalue weighted by atomic mass is 16.3. The van der Waals surface area contributed by atoms with Gasteiger partial charge in [-0.05, 0) is 39.4 Å². The van der Waals surface area contributed by atoms with Crippen LogP contribution in [-0.4, -0.2) is 30.6 Å². The molecule has 114 valence electrons. The van der Waals surface area contributed by atoms with E-state index in [0.717, 1.165) is 24.3 Å². The summed E-state index contributed by atoms with van der Waals surface area (Å²) in [6.07, 6.45) is 3.42. The molecule has 1 fully saturated rings. The minimum absolute atomic E-state index is 0.620. The van der Waals surface area contributed by atoms with Crippen LogP contribution >= 0.6 is 0 Å². The largest absolute Gasteiger partial charge is 0.461 e. The summed E-state index contributed by atoms with van der Waals surface area (Å²) in [5, 5.41) is 5.02. The standard InChI is InChI=1S/C18H26N2O/c1-4-17-16(15-7-5-6-8-18(15)21-17)12-19-14-9-10-20(3)13(2)11-14/h5-8,13-14,19H,4,9-12H2,1-3H3. The summed E-state index contributed by atoms with van der Waals surface area (Å²) in [5.41, 5.74) is 2.36. The molecule has 0 aliphatic carbocycles. The van der Waals surface area contributed by atoms with Gasteiger partial charge in [-0.1, -0.05) is 25.1 Å². The van der Waals surface area contributed by atoms with Gasteiger partial charge in [0.2, 0.25) is 0 Å². The van der Waals surface area contributed by atoms with Gasteiger partial charge in [0, 0.05) is 36.0 Å². The number of likely N-dealkylation sites (tertiary alicyclic amines) is 1. The molecule has 0 amide bonds. The van der Waals surface area contributed by atoms with E-state index in [4.69, 9.17) is 4.42 Å². The molecule has 2 heterocycles. The monoisotopic (exact) mass is 286 g/mol. The molecule has 0 spiro atoms. The van der Waals surface area contributed by atoms with E-state index >= 15 is 0 Å². The van der Waals surface area contributed by atoms with Crippen LogP contribution in [0.2, 0.25) is 0 Å². The fraction of sp³-hybridized carbons (Fsp3) is 0.556. The Morgan fingerprint density at radius 3 is 2.90 bits per heavy atom. The summed E-state index contributed by atoms with van der Waals surface area (Å²) < 4.78 is 5.98. The Hall–Kier alpha value is -1.32. The Bertz CT molecular complexity index is 604. The lowest BCUT2D eigenvalue weighted by molar-refractivity contribution is 0.168. The molecule has 1 saturated heterocycles. The topological polar surface area (TPSA) is 28.4 Å². The lowest BCUT2D eigenvalue weighted by Gasteiger charge is -2.35. The maximum absolute atomic E-state index is 5.98. The Morgan fingerprint density at radius 1 is 1.33 bits per heavy atom. The normalized spacial score (nSPS) is 23.8. The lowest BCUT2D eigenvalue weighted by atomic mass is 9.98. The third-order valence-corrected chi connectivity index (χ3v) is 4.88. The number of fused-ring (bicyclic) bond motifs is 1. The van der Waals surface area contributed by atoms with Crippen molar-refractivity contribution in [1.82, 2.24) is 10.2 Å². The second kappa shape index (κ2) is 6.20. The van der Waals surface area contributed by atoms with Crippen LogP contribution in [0.15, 0.2) is 28.7 Å². The van der Waals surface area contributed by atoms with Crippen molar-refractivity contribution in [1.29, 1.82) is 0 Å². The van der Waals surface area contributed by atoms with Crippen LogP contribution in [0, 0.1) is 0 Å². The number of benzene rings is 1. The zero-order chi connectivity index (χ0) is 14.8. The maximum atomic E-state index is 5.98. The Kier molecular flexibility index (Phi) is 4.32. The van der Waals surface area contributed by atoms with E-state index in [1.54, 1.807) is 0 Å². The third-order valence-electron chi connectivity index (χ3n) is 4.88. The summed E-state index contributed by atoms with van der Waals surface area (Å²) in [6, 6.07) is 9.67. The molecule has 21 heavy (non-hydrogen) atoms. The van der Waals surface area contributed by atoms with Gasteiger partial charge in [-0.2, -0.15) is 0 Å². The summed E-state index contributed by atoms with van der Waals surface area (Å²) in [7, 11) is 2.22. The van der Waals surface area contributed by atoms with E-state index in [2.05, 4.69) is 49.3 Å². The van der Waals surface area contributed by atoms with Crippen LogP contribution in [-0.2, 0) is 13.0 Å². The minimum atomic E-state index is 0.620. The maximum Gasteiger partial charge on any atom is 0.134 e. The molecular weight excluding hydrogens is 260 g/mol. The van der Waals surface area contributed by atoms with E-state index in [0.29, 0.717) is 12.1 Å². The van der Waals surface area contributed by atoms with Crippen molar-refractivity contribution >= 4 is 11.0 Å². The SMILES string of the molecule is CCc1oc2ccccc2c1CNC1CCN(C)C(C)C1. The van der Waals surface area contributed by atoms with Crippen molar-refractivity contribution in [3.8, 4) is 0 Å². The van der Waals surface area contributed by atoms with Crippen LogP contribution in [0.5, 0.6) is 0 Å². The number of nitrogens with one attached hydrogen (secondary N) is 1. The van der Waals surface area contributed by atoms with Crippen molar-refractivity contribution in [2.45, 2.75) is 51.7 Å². The van der Waals surface area contributed by atoms with Gasteiger partial charge in [-0.15, -0.1) is 0 Å². The van der Waals surface area contributed by atoms with Crippen LogP contribution < -0.4 is 5.32 Å². The zero-order valence-electron chi connectivity index (χ0n) is 13.4. The van der Waals surface area contributed by atoms with Crippen molar-refractivity contribution < 1.29 is 4.42 Å². The van der Waals surface area contributed by atoms with Crippen molar-refractivity contribution in [2.24, 2.45) is 0 Å². The van der Waals surface area contributed by atoms with E-state index in [1.165, 1.54) is 30.3 Å². The van der Waals surface area contributed by atoms with Crippen LogP contribution in [0.25, 0.3) is 11.0 Å². The van der Waals surface area contributed by atoms with Crippen molar-refractivity contribution in [2.75, 3.05) is 13.6 Å². The quantitative estimate of drug-likeness (QED) is 0.931. The second-order valence-electron chi connectivity index (χ2n) is 6.29. The number of hydrogen-bond donors (Lipinski definition) is 1. The molecule has 2 atom stereocenters. The van der Waals surface area contributed by atoms with Crippen LogP contribution in [0.4, 0.5) is 0 Å². The molecule has 0 radical (unpaired) electrons. The summed E-state index contributed by atoms with van der Waals surface area (Å²) in [4.78, 5) is 2.45. The highest BCUT2D eigenvalue weighted by Gasteiger charge is 2.23. The number of aryl methyl sites for hydroxylation is 1. The Morgan fingerprint density at radius 2 is 2.14 bits per heavy atom. The first kappa shape index (κ1) is 14.6. The fourth-order valence-electron chi connectivity index (χ4n) is 3.35. The van der Waals surface area contributed by atoms with Gasteiger partial charge >= 0.3 is 0 Å². The van der Waals surface area contributed by atoms with Gasteiger partial charge in [-0.25, -0.2) is 0 Å². The van der Waals surface area contributed by atoms with Crippen molar-refractivity contribution in [3.05, 3.63) is 35.6 Å². The average Bonchev–Trinajstić information content (AvgIpc) is 2.86. The number of para-hydroxylation sites is 1. The van der Waals surface area contributed by atoms with Crippen LogP contribution in [0.1, 0.15) is 38.0 Å². The number of rotatable bonds is 4. The van der Waals surface area contributed by atoms with Gasteiger partial charge in [-0.3, -0.25) is 0 Å². The van der Waals surface area contributed by atoms with Crippen molar-refractivity contribution in [3.63, 3.8) is 0 Å². The highest BCUT2D eigenvalue weighted by Crippen LogP contribution is 2.26. The number of nitrogens with zero attached hydrogens (tertiary/aromatic N) is 1. The van der Waals surface area contributed by atoms with Gasteiger partial charge in [0.1, 0.15) is 11.3 Å². The first-order valence-electron chi connectivity index (χ1n) is 8.12. The predicted molar refractivity (Wildman–Crippen MR) is 87.5 cm³/mol. The molecule has 1 aromatic carbocycles. The van der Waals surface area contributed by atoms with E-state index < -0.39 is 0 Å². The van der Waals surface area contributed by atoms with Gasteiger partial charge in [0.05, 0.1) is 0 Å². The molecule has 0 saturated carbocycles. The molecule has 1 aromatic heterocycles. The minimum Gasteiger partial charge on any atom is -0.461 e. The molecule has 1 aliphatic rings. The van der Waals surface area contributed by atoms with E-state index in [1.807, 2.05) is 6.07 Å². The lowest BCUT2D eigenvalue weighted by Crippen LogP contribution is -2.45. The molecule has 3 rings (SSSR count). The van der Waals surface area contributed by atoms with Crippen LogP contribution in [0.3, 0.4) is 0 Å². The molecule has 0 bridgehead atoms. The molecule has 2 unspecified atom stereocenters. The Labute approximate surface area is 127 Å². The zero-order valence-corrected chi connectivity index (χ0v) is 13.4. The predicted octanol–water partition coefficient (Wildman–Crippen LogP) is 3.57. The van der Waals surface area contributed by atoms with E-state index in [-0.39, 0.29) is 0 Å². The first-order chi connectivity index (χ1) is 10.2.